The minimum absolute atomic E-state index is 0.00818. The molecule has 1 amide bonds. The van der Waals surface area contributed by atoms with Gasteiger partial charge < -0.3 is 9.47 Å². The summed E-state index contributed by atoms with van der Waals surface area (Å²) in [6, 6.07) is 13.7. The molecule has 2 aromatic carbocycles. The number of thioether (sulfide) groups is 1. The van der Waals surface area contributed by atoms with E-state index in [2.05, 4.69) is 31.2 Å². The molecule has 2 atom stereocenters. The van der Waals surface area contributed by atoms with E-state index in [-0.39, 0.29) is 30.0 Å². The highest BCUT2D eigenvalue weighted by Crippen LogP contribution is 2.42. The molecule has 2 aliphatic rings. The Labute approximate surface area is 175 Å². The summed E-state index contributed by atoms with van der Waals surface area (Å²) in [4.78, 5) is 26.9. The Morgan fingerprint density at radius 1 is 1.21 bits per heavy atom. The average molecular weight is 412 g/mol. The monoisotopic (exact) mass is 411 g/mol. The third-order valence-electron chi connectivity index (χ3n) is 5.35. The van der Waals surface area contributed by atoms with E-state index in [0.29, 0.717) is 11.3 Å². The van der Waals surface area contributed by atoms with E-state index in [1.54, 1.807) is 23.9 Å². The number of nitrogens with zero attached hydrogens (tertiary/aromatic N) is 1. The van der Waals surface area contributed by atoms with Crippen molar-refractivity contribution < 1.29 is 19.1 Å². The van der Waals surface area contributed by atoms with Crippen LogP contribution in [0.4, 0.5) is 5.69 Å². The summed E-state index contributed by atoms with van der Waals surface area (Å²) in [5.74, 6) is 0.174. The van der Waals surface area contributed by atoms with E-state index >= 15 is 0 Å². The van der Waals surface area contributed by atoms with Crippen molar-refractivity contribution >= 4 is 29.3 Å². The minimum atomic E-state index is -0.354. The number of benzene rings is 2. The number of hydrogen-bond acceptors (Lipinski definition) is 5. The summed E-state index contributed by atoms with van der Waals surface area (Å²) in [6.45, 7) is 5.00. The van der Waals surface area contributed by atoms with Gasteiger partial charge >= 0.3 is 5.97 Å². The molecule has 0 bridgehead atoms. The van der Waals surface area contributed by atoms with Crippen LogP contribution >= 0.6 is 11.8 Å². The molecule has 6 heteroatoms. The fourth-order valence-corrected chi connectivity index (χ4v) is 4.91. The first-order chi connectivity index (χ1) is 14.0. The number of hydrogen-bond donors (Lipinski definition) is 0. The summed E-state index contributed by atoms with van der Waals surface area (Å²) in [5.41, 5.74) is 4.50. The standard InChI is InChI=1S/C23H25NO4S/c1-15-5-7-17(8-6-15)22-24(21(25)14-29-22)20-10-9-18(12-16(20)2)23(26)28-13-19-4-3-11-27-19/h5-10,12,19,22H,3-4,11,13-14H2,1-2H3. The topological polar surface area (TPSA) is 55.8 Å². The van der Waals surface area contributed by atoms with Crippen molar-refractivity contribution in [1.82, 2.24) is 0 Å². The predicted molar refractivity (Wildman–Crippen MR) is 114 cm³/mol. The molecule has 0 N–H and O–H groups in total. The van der Waals surface area contributed by atoms with E-state index < -0.39 is 0 Å². The van der Waals surface area contributed by atoms with Gasteiger partial charge in [-0.25, -0.2) is 4.79 Å². The minimum Gasteiger partial charge on any atom is -0.459 e. The fraction of sp³-hybridized carbons (Fsp3) is 0.391. The summed E-state index contributed by atoms with van der Waals surface area (Å²) >= 11 is 1.62. The van der Waals surface area contributed by atoms with E-state index in [0.717, 1.165) is 36.3 Å². The fourth-order valence-electron chi connectivity index (χ4n) is 3.74. The zero-order valence-electron chi connectivity index (χ0n) is 16.7. The summed E-state index contributed by atoms with van der Waals surface area (Å²) in [6.07, 6.45) is 1.95. The van der Waals surface area contributed by atoms with Gasteiger partial charge in [0.25, 0.3) is 0 Å². The smallest absolute Gasteiger partial charge is 0.338 e. The van der Waals surface area contributed by atoms with Crippen LogP contribution in [0.25, 0.3) is 0 Å². The molecule has 2 fully saturated rings. The molecule has 2 unspecified atom stereocenters. The zero-order chi connectivity index (χ0) is 20.4. The van der Waals surface area contributed by atoms with Crippen LogP contribution in [-0.2, 0) is 14.3 Å². The highest BCUT2D eigenvalue weighted by atomic mass is 32.2. The molecule has 2 saturated heterocycles. The molecule has 0 aliphatic carbocycles. The Kier molecular flexibility index (Phi) is 5.92. The highest BCUT2D eigenvalue weighted by molar-refractivity contribution is 8.00. The van der Waals surface area contributed by atoms with Crippen LogP contribution in [0.1, 0.15) is 45.3 Å². The Bertz CT molecular complexity index is 906. The number of amides is 1. The van der Waals surface area contributed by atoms with E-state index in [9.17, 15) is 9.59 Å². The molecule has 5 nitrogen and oxygen atoms in total. The second-order valence-corrected chi connectivity index (χ2v) is 8.64. The van der Waals surface area contributed by atoms with Gasteiger partial charge in [-0.15, -0.1) is 11.8 Å². The summed E-state index contributed by atoms with van der Waals surface area (Å²) in [7, 11) is 0. The maximum Gasteiger partial charge on any atom is 0.338 e. The van der Waals surface area contributed by atoms with Crippen molar-refractivity contribution in [3.63, 3.8) is 0 Å². The molecule has 0 spiro atoms. The number of carbonyl (C=O) groups is 2. The van der Waals surface area contributed by atoms with Crippen LogP contribution in [0.5, 0.6) is 0 Å². The maximum atomic E-state index is 12.6. The molecule has 4 rings (SSSR count). The highest BCUT2D eigenvalue weighted by Gasteiger charge is 2.35. The molecule has 152 valence electrons. The maximum absolute atomic E-state index is 12.6. The number of aryl methyl sites for hydroxylation is 2. The molecule has 29 heavy (non-hydrogen) atoms. The molecular weight excluding hydrogens is 386 g/mol. The largest absolute Gasteiger partial charge is 0.459 e. The second kappa shape index (κ2) is 8.59. The van der Waals surface area contributed by atoms with Gasteiger partial charge in [0.05, 0.1) is 17.4 Å². The van der Waals surface area contributed by atoms with Gasteiger partial charge in [0.1, 0.15) is 12.0 Å². The van der Waals surface area contributed by atoms with Crippen LogP contribution in [0.15, 0.2) is 42.5 Å². The van der Waals surface area contributed by atoms with Crippen molar-refractivity contribution in [1.29, 1.82) is 0 Å². The van der Waals surface area contributed by atoms with Crippen molar-refractivity contribution in [2.24, 2.45) is 0 Å². The first-order valence-corrected chi connectivity index (χ1v) is 11.0. The zero-order valence-corrected chi connectivity index (χ0v) is 17.5. The van der Waals surface area contributed by atoms with E-state index in [4.69, 9.17) is 9.47 Å². The van der Waals surface area contributed by atoms with E-state index in [1.807, 2.05) is 17.9 Å². The van der Waals surface area contributed by atoms with Crippen LogP contribution in [0.3, 0.4) is 0 Å². The van der Waals surface area contributed by atoms with Crippen LogP contribution < -0.4 is 4.90 Å². The van der Waals surface area contributed by atoms with Gasteiger partial charge in [0.2, 0.25) is 5.91 Å². The lowest BCUT2D eigenvalue weighted by Gasteiger charge is -2.26. The molecule has 0 saturated carbocycles. The first-order valence-electron chi connectivity index (χ1n) is 9.92. The predicted octanol–water partition coefficient (Wildman–Crippen LogP) is 4.42. The van der Waals surface area contributed by atoms with E-state index in [1.165, 1.54) is 5.56 Å². The molecule has 0 radical (unpaired) electrons. The lowest BCUT2D eigenvalue weighted by molar-refractivity contribution is -0.115. The van der Waals surface area contributed by atoms with Gasteiger partial charge in [0, 0.05) is 12.3 Å². The molecule has 2 aliphatic heterocycles. The molecular formula is C23H25NO4S. The van der Waals surface area contributed by atoms with Gasteiger partial charge in [0.15, 0.2) is 0 Å². The number of ether oxygens (including phenoxy) is 2. The van der Waals surface area contributed by atoms with Crippen LogP contribution in [0.2, 0.25) is 0 Å². The Hall–Kier alpha value is -2.31. The van der Waals surface area contributed by atoms with Gasteiger partial charge in [-0.2, -0.15) is 0 Å². The van der Waals surface area contributed by atoms with Gasteiger partial charge in [-0.05, 0) is 56.0 Å². The molecule has 0 aromatic heterocycles. The van der Waals surface area contributed by atoms with Crippen LogP contribution in [-0.4, -0.2) is 36.9 Å². The average Bonchev–Trinajstić information content (AvgIpc) is 3.37. The lowest BCUT2D eigenvalue weighted by atomic mass is 10.1. The Balaban J connectivity index is 1.52. The number of anilines is 1. The SMILES string of the molecule is Cc1ccc(C2SCC(=O)N2c2ccc(C(=O)OCC3CCCO3)cc2C)cc1. The third-order valence-corrected chi connectivity index (χ3v) is 6.56. The third kappa shape index (κ3) is 4.33. The van der Waals surface area contributed by atoms with Gasteiger partial charge in [-0.1, -0.05) is 29.8 Å². The quantitative estimate of drug-likeness (QED) is 0.682. The number of rotatable bonds is 5. The number of esters is 1. The van der Waals surface area contributed by atoms with Crippen molar-refractivity contribution in [2.45, 2.75) is 38.2 Å². The normalized spacial score (nSPS) is 21.6. The Morgan fingerprint density at radius 2 is 2.00 bits per heavy atom. The molecule has 2 heterocycles. The Morgan fingerprint density at radius 3 is 2.69 bits per heavy atom. The van der Waals surface area contributed by atoms with Crippen molar-refractivity contribution in [3.8, 4) is 0 Å². The van der Waals surface area contributed by atoms with Crippen LogP contribution in [0, 0.1) is 13.8 Å². The van der Waals surface area contributed by atoms with Gasteiger partial charge in [-0.3, -0.25) is 9.69 Å². The lowest BCUT2D eigenvalue weighted by Crippen LogP contribution is -2.28. The van der Waals surface area contributed by atoms with Crippen molar-refractivity contribution in [2.75, 3.05) is 23.9 Å². The number of carbonyl (C=O) groups excluding carboxylic acids is 2. The summed E-state index contributed by atoms with van der Waals surface area (Å²) < 4.78 is 10.9. The summed E-state index contributed by atoms with van der Waals surface area (Å²) in [5, 5.41) is -0.0564. The molecule has 2 aromatic rings. The first kappa shape index (κ1) is 20.0. The second-order valence-electron chi connectivity index (χ2n) is 7.57. The van der Waals surface area contributed by atoms with Crippen molar-refractivity contribution in [3.05, 3.63) is 64.7 Å².